The second-order valence-electron chi connectivity index (χ2n) is 7.80. The summed E-state index contributed by atoms with van der Waals surface area (Å²) in [6, 6.07) is 13.9. The molecule has 2 aromatic rings. The van der Waals surface area contributed by atoms with Crippen molar-refractivity contribution in [3.05, 3.63) is 59.7 Å². The number of rotatable bonds is 7. The highest BCUT2D eigenvalue weighted by atomic mass is 32.2. The number of fused-ring (bicyclic) bond motifs is 1. The topological polar surface area (TPSA) is 70.9 Å². The summed E-state index contributed by atoms with van der Waals surface area (Å²) < 4.78 is 27.8. The van der Waals surface area contributed by atoms with E-state index in [0.29, 0.717) is 25.1 Å². The third-order valence-corrected chi connectivity index (χ3v) is 7.64. The van der Waals surface area contributed by atoms with Gasteiger partial charge in [0, 0.05) is 37.9 Å². The van der Waals surface area contributed by atoms with E-state index in [-0.39, 0.29) is 10.8 Å². The molecule has 2 aliphatic rings. The minimum absolute atomic E-state index is 0.156. The number of carbonyl (C=O) groups is 1. The Bertz CT molecular complexity index is 984. The second-order valence-corrected chi connectivity index (χ2v) is 9.66. The van der Waals surface area contributed by atoms with Crippen LogP contribution in [0.4, 0.5) is 5.69 Å². The highest BCUT2D eigenvalue weighted by Crippen LogP contribution is 2.32. The van der Waals surface area contributed by atoms with E-state index in [4.69, 9.17) is 0 Å². The Balaban J connectivity index is 1.42. The van der Waals surface area contributed by atoms with E-state index < -0.39 is 10.0 Å². The number of anilines is 1. The van der Waals surface area contributed by atoms with Gasteiger partial charge in [-0.3, -0.25) is 9.10 Å². The molecular formula is C22H28N3O3S+. The minimum atomic E-state index is -3.69. The number of nitrogens with one attached hydrogen (secondary N) is 2. The van der Waals surface area contributed by atoms with Gasteiger partial charge in [0.2, 0.25) is 0 Å². The molecule has 2 N–H and O–H groups in total. The molecule has 0 unspecified atom stereocenters. The Hall–Kier alpha value is -2.38. The van der Waals surface area contributed by atoms with Gasteiger partial charge in [0.1, 0.15) is 0 Å². The van der Waals surface area contributed by atoms with Gasteiger partial charge in [-0.2, -0.15) is 0 Å². The molecule has 1 amide bonds. The number of carbonyl (C=O) groups excluding carboxylic acids is 1. The molecule has 6 nitrogen and oxygen atoms in total. The maximum Gasteiger partial charge on any atom is 0.264 e. The van der Waals surface area contributed by atoms with Crippen LogP contribution in [0.25, 0.3) is 0 Å². The lowest BCUT2D eigenvalue weighted by molar-refractivity contribution is -0.887. The first-order chi connectivity index (χ1) is 14.1. The van der Waals surface area contributed by atoms with Crippen molar-refractivity contribution in [2.45, 2.75) is 30.6 Å². The van der Waals surface area contributed by atoms with Gasteiger partial charge in [-0.15, -0.1) is 0 Å². The van der Waals surface area contributed by atoms with Crippen LogP contribution in [0, 0.1) is 0 Å². The molecule has 0 aliphatic carbocycles. The summed E-state index contributed by atoms with van der Waals surface area (Å²) in [7, 11) is -3.69. The van der Waals surface area contributed by atoms with Gasteiger partial charge >= 0.3 is 0 Å². The predicted molar refractivity (Wildman–Crippen MR) is 113 cm³/mol. The van der Waals surface area contributed by atoms with Crippen molar-refractivity contribution >= 4 is 21.6 Å². The number of nitrogens with zero attached hydrogens (tertiary/aromatic N) is 1. The molecule has 2 heterocycles. The molecular weight excluding hydrogens is 386 g/mol. The van der Waals surface area contributed by atoms with E-state index >= 15 is 0 Å². The number of benzene rings is 2. The van der Waals surface area contributed by atoms with Crippen LogP contribution < -0.4 is 14.5 Å². The summed E-state index contributed by atoms with van der Waals surface area (Å²) in [4.78, 5) is 14.3. The molecule has 0 bridgehead atoms. The van der Waals surface area contributed by atoms with Crippen LogP contribution in [0.1, 0.15) is 35.2 Å². The number of hydrogen-bond acceptors (Lipinski definition) is 3. The number of hydrogen-bond donors (Lipinski definition) is 2. The fourth-order valence-electron chi connectivity index (χ4n) is 4.25. The Morgan fingerprint density at radius 2 is 1.86 bits per heavy atom. The Morgan fingerprint density at radius 3 is 2.69 bits per heavy atom. The van der Waals surface area contributed by atoms with Crippen LogP contribution >= 0.6 is 0 Å². The van der Waals surface area contributed by atoms with E-state index in [1.165, 1.54) is 36.3 Å². The van der Waals surface area contributed by atoms with Gasteiger partial charge < -0.3 is 10.2 Å². The quantitative estimate of drug-likeness (QED) is 0.670. The van der Waals surface area contributed by atoms with Crippen molar-refractivity contribution in [3.63, 3.8) is 0 Å². The first kappa shape index (κ1) is 19.9. The van der Waals surface area contributed by atoms with Crippen LogP contribution in [0.3, 0.4) is 0 Å². The zero-order chi connectivity index (χ0) is 20.3. The largest absolute Gasteiger partial charge is 0.352 e. The number of para-hydroxylation sites is 1. The third kappa shape index (κ3) is 4.31. The monoisotopic (exact) mass is 414 g/mol. The molecule has 154 valence electrons. The van der Waals surface area contributed by atoms with Crippen molar-refractivity contribution in [2.75, 3.05) is 37.0 Å². The van der Waals surface area contributed by atoms with Gasteiger partial charge in [-0.25, -0.2) is 8.42 Å². The van der Waals surface area contributed by atoms with Crippen LogP contribution in [0.15, 0.2) is 53.4 Å². The maximum absolute atomic E-state index is 13.2. The van der Waals surface area contributed by atoms with Crippen molar-refractivity contribution in [1.29, 1.82) is 0 Å². The van der Waals surface area contributed by atoms with Gasteiger partial charge in [0.25, 0.3) is 15.9 Å². The molecule has 2 aliphatic heterocycles. The number of amides is 1. The molecule has 4 rings (SSSR count). The molecule has 1 saturated heterocycles. The molecule has 0 spiro atoms. The minimum Gasteiger partial charge on any atom is -0.352 e. The smallest absolute Gasteiger partial charge is 0.264 e. The predicted octanol–water partition coefficient (Wildman–Crippen LogP) is 1.24. The zero-order valence-corrected chi connectivity index (χ0v) is 17.4. The van der Waals surface area contributed by atoms with Gasteiger partial charge in [-0.05, 0) is 36.2 Å². The molecule has 1 fully saturated rings. The lowest BCUT2D eigenvalue weighted by Crippen LogP contribution is -3.10. The highest BCUT2D eigenvalue weighted by molar-refractivity contribution is 7.92. The molecule has 7 heteroatoms. The van der Waals surface area contributed by atoms with Gasteiger partial charge in [0.05, 0.1) is 30.2 Å². The third-order valence-electron chi connectivity index (χ3n) is 5.83. The summed E-state index contributed by atoms with van der Waals surface area (Å²) in [6.45, 7) is 4.57. The summed E-state index contributed by atoms with van der Waals surface area (Å²) in [5.74, 6) is -0.222. The van der Waals surface area contributed by atoms with Crippen LogP contribution in [0.2, 0.25) is 0 Å². The molecule has 2 aromatic carbocycles. The normalized spacial score (nSPS) is 16.8. The second kappa shape index (κ2) is 8.55. The van der Waals surface area contributed by atoms with Crippen molar-refractivity contribution in [1.82, 2.24) is 5.32 Å². The standard InChI is InChI=1S/C22H27N3O3S/c26-22(23-12-6-15-24-13-3-4-14-24)19-8-5-9-20(17-19)29(27,28)25-16-11-18-7-1-2-10-21(18)25/h1-2,5,7-10,17H,3-4,6,11-16H2,(H,23,26)/p+1. The maximum atomic E-state index is 13.2. The fourth-order valence-corrected chi connectivity index (χ4v) is 5.80. The van der Waals surface area contributed by atoms with Crippen molar-refractivity contribution in [3.8, 4) is 0 Å². The van der Waals surface area contributed by atoms with E-state index in [1.54, 1.807) is 23.1 Å². The summed E-state index contributed by atoms with van der Waals surface area (Å²) >= 11 is 0. The molecule has 29 heavy (non-hydrogen) atoms. The van der Waals surface area contributed by atoms with E-state index in [2.05, 4.69) is 5.32 Å². The molecule has 0 saturated carbocycles. The summed E-state index contributed by atoms with van der Waals surface area (Å²) in [5.41, 5.74) is 2.14. The first-order valence-electron chi connectivity index (χ1n) is 10.4. The lowest BCUT2D eigenvalue weighted by Gasteiger charge is -2.20. The highest BCUT2D eigenvalue weighted by Gasteiger charge is 2.30. The zero-order valence-electron chi connectivity index (χ0n) is 16.6. The van der Waals surface area contributed by atoms with Crippen LogP contribution in [0.5, 0.6) is 0 Å². The first-order valence-corrected chi connectivity index (χ1v) is 11.8. The average molecular weight is 415 g/mol. The Morgan fingerprint density at radius 1 is 1.07 bits per heavy atom. The lowest BCUT2D eigenvalue weighted by atomic mass is 10.2. The number of likely N-dealkylation sites (tertiary alicyclic amines) is 1. The van der Waals surface area contributed by atoms with Gasteiger partial charge in [-0.1, -0.05) is 24.3 Å². The molecule has 0 atom stereocenters. The van der Waals surface area contributed by atoms with Crippen molar-refractivity contribution in [2.24, 2.45) is 0 Å². The molecule has 0 aromatic heterocycles. The molecule has 0 radical (unpaired) electrons. The van der Waals surface area contributed by atoms with Crippen LogP contribution in [-0.2, 0) is 16.4 Å². The van der Waals surface area contributed by atoms with E-state index in [0.717, 1.165) is 24.2 Å². The number of sulfonamides is 1. The Labute approximate surface area is 172 Å². The van der Waals surface area contributed by atoms with Crippen molar-refractivity contribution < 1.29 is 18.1 Å². The number of quaternary nitrogens is 1. The Kier molecular flexibility index (Phi) is 5.87. The van der Waals surface area contributed by atoms with E-state index in [1.807, 2.05) is 24.3 Å². The fraction of sp³-hybridized carbons (Fsp3) is 0.409. The van der Waals surface area contributed by atoms with E-state index in [9.17, 15) is 13.2 Å². The van der Waals surface area contributed by atoms with Crippen LogP contribution in [-0.4, -0.2) is 47.0 Å². The average Bonchev–Trinajstić information content (AvgIpc) is 3.41. The SMILES string of the molecule is O=C(NCCC[NH+]1CCCC1)c1cccc(S(=O)(=O)N2CCc3ccccc32)c1. The summed E-state index contributed by atoms with van der Waals surface area (Å²) in [5, 5.41) is 2.93. The summed E-state index contributed by atoms with van der Waals surface area (Å²) in [6.07, 6.45) is 4.23. The van der Waals surface area contributed by atoms with Gasteiger partial charge in [0.15, 0.2) is 0 Å².